The number of furan rings is 2. The van der Waals surface area contributed by atoms with Gasteiger partial charge in [-0.3, -0.25) is 4.57 Å². The maximum atomic E-state index is 6.30. The number of benzene rings is 8. The Hall–Kier alpha value is -7.83. The third-order valence-electron chi connectivity index (χ3n) is 11.1. The van der Waals surface area contributed by atoms with Crippen LogP contribution < -0.4 is 0 Å². The van der Waals surface area contributed by atoms with Crippen LogP contribution in [0, 0.1) is 0 Å². The van der Waals surface area contributed by atoms with Crippen LogP contribution in [0.15, 0.2) is 191 Å². The fraction of sp³-hybridized carbons (Fsp3) is 0. The highest BCUT2D eigenvalue weighted by Gasteiger charge is 2.21. The van der Waals surface area contributed by atoms with E-state index in [0.717, 1.165) is 99.1 Å². The van der Waals surface area contributed by atoms with Crippen LogP contribution in [0.5, 0.6) is 0 Å². The Kier molecular flexibility index (Phi) is 6.83. The van der Waals surface area contributed by atoms with E-state index in [1.54, 1.807) is 0 Å². The normalized spacial score (nSPS) is 11.9. The molecule has 4 heterocycles. The molecule has 0 saturated carbocycles. The molecule has 266 valence electrons. The molecule has 8 aromatic carbocycles. The largest absolute Gasteiger partial charge is 0.456 e. The minimum Gasteiger partial charge on any atom is -0.456 e. The average molecular weight is 731 g/mol. The molecule has 0 fully saturated rings. The molecule has 0 radical (unpaired) electrons. The lowest BCUT2D eigenvalue weighted by molar-refractivity contribution is 0.668. The summed E-state index contributed by atoms with van der Waals surface area (Å²) in [6.45, 7) is 0. The zero-order chi connectivity index (χ0) is 37.5. The van der Waals surface area contributed by atoms with Crippen LogP contribution in [0.25, 0.3) is 117 Å². The van der Waals surface area contributed by atoms with Crippen LogP contribution in [-0.4, -0.2) is 19.5 Å². The number of hydrogen-bond donors (Lipinski definition) is 0. The number of hydrogen-bond acceptors (Lipinski definition) is 5. The van der Waals surface area contributed by atoms with Gasteiger partial charge in [-0.25, -0.2) is 4.98 Å². The van der Waals surface area contributed by atoms with E-state index in [2.05, 4.69) is 114 Å². The van der Waals surface area contributed by atoms with Crippen LogP contribution in [0.3, 0.4) is 0 Å². The van der Waals surface area contributed by atoms with Gasteiger partial charge in [0, 0.05) is 49.0 Å². The fourth-order valence-electron chi connectivity index (χ4n) is 8.48. The van der Waals surface area contributed by atoms with E-state index in [1.807, 2.05) is 72.8 Å². The highest BCUT2D eigenvalue weighted by Crippen LogP contribution is 2.41. The van der Waals surface area contributed by atoms with Crippen LogP contribution in [0.4, 0.5) is 0 Å². The predicted octanol–water partition coefficient (Wildman–Crippen LogP) is 13.4. The van der Waals surface area contributed by atoms with Gasteiger partial charge in [0.25, 0.3) is 0 Å². The molecule has 0 N–H and O–H groups in total. The second-order valence-electron chi connectivity index (χ2n) is 14.4. The zero-order valence-corrected chi connectivity index (χ0v) is 30.4. The lowest BCUT2D eigenvalue weighted by Crippen LogP contribution is -2.07. The third kappa shape index (κ3) is 4.94. The van der Waals surface area contributed by atoms with Gasteiger partial charge in [-0.1, -0.05) is 146 Å². The summed E-state index contributed by atoms with van der Waals surface area (Å²) in [7, 11) is 0. The van der Waals surface area contributed by atoms with Crippen molar-refractivity contribution in [3.8, 4) is 51.0 Å². The summed E-state index contributed by atoms with van der Waals surface area (Å²) in [5.74, 6) is 1.70. The zero-order valence-electron chi connectivity index (χ0n) is 30.4. The second kappa shape index (κ2) is 12.3. The van der Waals surface area contributed by atoms with E-state index in [-0.39, 0.29) is 0 Å². The van der Waals surface area contributed by atoms with Crippen LogP contribution in [0.1, 0.15) is 0 Å². The van der Waals surface area contributed by atoms with Gasteiger partial charge in [-0.2, -0.15) is 9.97 Å². The number of aromatic nitrogens is 4. The van der Waals surface area contributed by atoms with Crippen molar-refractivity contribution in [1.82, 2.24) is 19.5 Å². The molecule has 6 nitrogen and oxygen atoms in total. The van der Waals surface area contributed by atoms with Gasteiger partial charge in [-0.15, -0.1) is 0 Å². The van der Waals surface area contributed by atoms with Crippen molar-refractivity contribution in [2.24, 2.45) is 0 Å². The first kappa shape index (κ1) is 31.5. The van der Waals surface area contributed by atoms with E-state index in [0.29, 0.717) is 17.6 Å². The summed E-state index contributed by atoms with van der Waals surface area (Å²) in [6.07, 6.45) is 0. The molecule has 0 aliphatic rings. The van der Waals surface area contributed by atoms with E-state index in [1.165, 1.54) is 0 Å². The minimum absolute atomic E-state index is 0.539. The van der Waals surface area contributed by atoms with E-state index in [9.17, 15) is 0 Å². The van der Waals surface area contributed by atoms with E-state index >= 15 is 0 Å². The summed E-state index contributed by atoms with van der Waals surface area (Å²) in [6, 6.07) is 62.8. The summed E-state index contributed by atoms with van der Waals surface area (Å²) in [5.41, 5.74) is 11.6. The minimum atomic E-state index is 0.539. The molecule has 0 saturated heterocycles. The van der Waals surface area contributed by atoms with Gasteiger partial charge in [0.15, 0.2) is 11.6 Å². The smallest absolute Gasteiger partial charge is 0.238 e. The highest BCUT2D eigenvalue weighted by molar-refractivity contribution is 6.14. The fourth-order valence-corrected chi connectivity index (χ4v) is 8.48. The van der Waals surface area contributed by atoms with E-state index in [4.69, 9.17) is 23.8 Å². The van der Waals surface area contributed by atoms with E-state index < -0.39 is 0 Å². The molecule has 0 atom stereocenters. The van der Waals surface area contributed by atoms with Gasteiger partial charge in [0.05, 0.1) is 11.0 Å². The molecule has 12 rings (SSSR count). The van der Waals surface area contributed by atoms with Crippen molar-refractivity contribution in [3.63, 3.8) is 0 Å². The first-order chi connectivity index (χ1) is 28.2. The van der Waals surface area contributed by atoms with Crippen LogP contribution >= 0.6 is 0 Å². The van der Waals surface area contributed by atoms with Crippen LogP contribution in [-0.2, 0) is 0 Å². The Labute approximate surface area is 325 Å². The Morgan fingerprint density at radius 1 is 0.351 bits per heavy atom. The number of para-hydroxylation sites is 4. The molecular formula is C51H30N4O2. The molecule has 57 heavy (non-hydrogen) atoms. The Bertz CT molecular complexity index is 3520. The molecule has 0 spiro atoms. The molecule has 0 unspecified atom stereocenters. The predicted molar refractivity (Wildman–Crippen MR) is 230 cm³/mol. The molecule has 0 aliphatic carbocycles. The molecular weight excluding hydrogens is 701 g/mol. The van der Waals surface area contributed by atoms with Gasteiger partial charge in [0.2, 0.25) is 5.95 Å². The maximum Gasteiger partial charge on any atom is 0.238 e. The van der Waals surface area contributed by atoms with Crippen molar-refractivity contribution in [2.75, 3.05) is 0 Å². The summed E-state index contributed by atoms with van der Waals surface area (Å²) >= 11 is 0. The monoisotopic (exact) mass is 730 g/mol. The molecule has 12 aromatic rings. The number of fused-ring (bicyclic) bond motifs is 9. The average Bonchev–Trinajstić information content (AvgIpc) is 3.96. The SMILES string of the molecule is c1ccc(-c2nc(-c3ccc4c(c3)oc3ccccc34)nc(-n3c4ccccc4c4cccc(-c5ccc(-c6cccc7oc8ccccc8c67)cc5)c43)n2)cc1. The number of rotatable bonds is 5. The lowest BCUT2D eigenvalue weighted by atomic mass is 9.96. The van der Waals surface area contributed by atoms with Gasteiger partial charge in [0.1, 0.15) is 22.3 Å². The Balaban J connectivity index is 1.06. The van der Waals surface area contributed by atoms with Crippen molar-refractivity contribution >= 4 is 65.7 Å². The van der Waals surface area contributed by atoms with Gasteiger partial charge < -0.3 is 8.83 Å². The Morgan fingerprint density at radius 2 is 0.912 bits per heavy atom. The van der Waals surface area contributed by atoms with Gasteiger partial charge in [-0.05, 0) is 53.1 Å². The van der Waals surface area contributed by atoms with Crippen molar-refractivity contribution in [3.05, 3.63) is 182 Å². The molecule has 0 amide bonds. The standard InChI is InChI=1S/C51H30N4O2/c1-2-12-33(13-3-1)49-52-50(34-28-29-39-38-15-5-8-21-43(38)57-46(39)30-34)54-51(53-49)55-42-20-7-4-14-37(42)40-19-10-18-36(48(40)55)32-26-24-31(25-27-32)35-17-11-23-45-47(35)41-16-6-9-22-44(41)56-45/h1-30H. The second-order valence-corrected chi connectivity index (χ2v) is 14.4. The summed E-state index contributed by atoms with van der Waals surface area (Å²) < 4.78 is 14.7. The molecule has 4 aromatic heterocycles. The Morgan fingerprint density at radius 3 is 1.74 bits per heavy atom. The van der Waals surface area contributed by atoms with Crippen molar-refractivity contribution in [2.45, 2.75) is 0 Å². The van der Waals surface area contributed by atoms with Crippen molar-refractivity contribution in [1.29, 1.82) is 0 Å². The summed E-state index contributed by atoms with van der Waals surface area (Å²) in [5, 5.41) is 6.62. The first-order valence-corrected chi connectivity index (χ1v) is 19.0. The third-order valence-corrected chi connectivity index (χ3v) is 11.1. The quantitative estimate of drug-likeness (QED) is 0.176. The summed E-state index contributed by atoms with van der Waals surface area (Å²) in [4.78, 5) is 15.6. The van der Waals surface area contributed by atoms with Crippen LogP contribution in [0.2, 0.25) is 0 Å². The molecule has 0 aliphatic heterocycles. The number of nitrogens with zero attached hydrogens (tertiary/aromatic N) is 4. The first-order valence-electron chi connectivity index (χ1n) is 19.0. The maximum absolute atomic E-state index is 6.30. The highest BCUT2D eigenvalue weighted by atomic mass is 16.3. The molecule has 6 heteroatoms. The molecule has 0 bridgehead atoms. The van der Waals surface area contributed by atoms with Gasteiger partial charge >= 0.3 is 0 Å². The van der Waals surface area contributed by atoms with Crippen molar-refractivity contribution < 1.29 is 8.83 Å². The lowest BCUT2D eigenvalue weighted by Gasteiger charge is -2.13. The topological polar surface area (TPSA) is 69.9 Å².